The lowest BCUT2D eigenvalue weighted by molar-refractivity contribution is -0.153. The summed E-state index contributed by atoms with van der Waals surface area (Å²) >= 11 is 4.04. The normalized spacial score (nSPS) is 24.0. The minimum atomic E-state index is -0.878. The first-order valence-electron chi connectivity index (χ1n) is 6.73. The summed E-state index contributed by atoms with van der Waals surface area (Å²) in [5.74, 6) is -0.0131. The molecule has 0 aliphatic carbocycles. The quantitative estimate of drug-likeness (QED) is 0.729. The van der Waals surface area contributed by atoms with Crippen LogP contribution in [0.25, 0.3) is 0 Å². The molecule has 1 amide bonds. The topological polar surface area (TPSA) is 57.6 Å². The first kappa shape index (κ1) is 15.3. The average Bonchev–Trinajstić information content (AvgIpc) is 2.36. The minimum Gasteiger partial charge on any atom is -0.480 e. The van der Waals surface area contributed by atoms with Gasteiger partial charge in [0.25, 0.3) is 0 Å². The molecule has 1 saturated heterocycles. The van der Waals surface area contributed by atoms with E-state index in [4.69, 9.17) is 0 Å². The van der Waals surface area contributed by atoms with Crippen LogP contribution in [-0.4, -0.2) is 40.2 Å². The van der Waals surface area contributed by atoms with Crippen molar-refractivity contribution in [1.29, 1.82) is 0 Å². The fourth-order valence-corrected chi connectivity index (χ4v) is 2.74. The lowest BCUT2D eigenvalue weighted by Crippen LogP contribution is -2.50. The summed E-state index contributed by atoms with van der Waals surface area (Å²) in [4.78, 5) is 24.7. The fraction of sp³-hybridized carbons (Fsp3) is 0.846. The highest BCUT2D eigenvalue weighted by Crippen LogP contribution is 2.26. The number of unbranched alkanes of at least 4 members (excludes halogenated alkanes) is 1. The molecular formula is C13H23NO3S. The molecule has 1 rings (SSSR count). The van der Waals surface area contributed by atoms with Crippen LogP contribution in [-0.2, 0) is 9.59 Å². The molecule has 5 heteroatoms. The van der Waals surface area contributed by atoms with E-state index >= 15 is 0 Å². The highest BCUT2D eigenvalue weighted by molar-refractivity contribution is 7.80. The van der Waals surface area contributed by atoms with E-state index in [0.717, 1.165) is 25.7 Å². The van der Waals surface area contributed by atoms with Gasteiger partial charge in [-0.1, -0.05) is 19.8 Å². The maximum absolute atomic E-state index is 11.9. The third kappa shape index (κ3) is 4.19. The molecule has 0 spiro atoms. The first-order valence-corrected chi connectivity index (χ1v) is 7.36. The molecule has 0 aromatic heterocycles. The highest BCUT2D eigenvalue weighted by atomic mass is 32.1. The third-order valence-electron chi connectivity index (χ3n) is 3.58. The van der Waals surface area contributed by atoms with E-state index in [1.807, 2.05) is 0 Å². The van der Waals surface area contributed by atoms with Gasteiger partial charge >= 0.3 is 5.97 Å². The summed E-state index contributed by atoms with van der Waals surface area (Å²) < 4.78 is 0. The van der Waals surface area contributed by atoms with Gasteiger partial charge in [0.1, 0.15) is 6.04 Å². The number of hydrogen-bond donors (Lipinski definition) is 2. The highest BCUT2D eigenvalue weighted by Gasteiger charge is 2.35. The number of nitrogens with zero attached hydrogens (tertiary/aromatic N) is 1. The number of rotatable bonds is 6. The molecule has 4 nitrogen and oxygen atoms in total. The number of likely N-dealkylation sites (tertiary alicyclic amines) is 1. The second kappa shape index (κ2) is 7.67. The van der Waals surface area contributed by atoms with Crippen LogP contribution < -0.4 is 0 Å². The van der Waals surface area contributed by atoms with Crippen molar-refractivity contribution in [2.24, 2.45) is 5.92 Å². The van der Waals surface area contributed by atoms with Gasteiger partial charge in [0.15, 0.2) is 0 Å². The number of amides is 1. The van der Waals surface area contributed by atoms with Crippen molar-refractivity contribution in [3.63, 3.8) is 0 Å². The number of carbonyl (C=O) groups excluding carboxylic acids is 1. The molecule has 1 aliphatic rings. The summed E-state index contributed by atoms with van der Waals surface area (Å²) in [6.07, 6.45) is 5.21. The maximum atomic E-state index is 11.9. The third-order valence-corrected chi connectivity index (χ3v) is 3.80. The van der Waals surface area contributed by atoms with Gasteiger partial charge in [0.2, 0.25) is 5.91 Å². The zero-order valence-corrected chi connectivity index (χ0v) is 11.9. The Labute approximate surface area is 114 Å². The number of thiol groups is 1. The van der Waals surface area contributed by atoms with Crippen LogP contribution in [0.5, 0.6) is 0 Å². The number of carboxylic acid groups (broad SMARTS) is 1. The Bertz CT molecular complexity index is 296. The molecule has 1 fully saturated rings. The van der Waals surface area contributed by atoms with Crippen molar-refractivity contribution in [1.82, 2.24) is 4.90 Å². The SMILES string of the molecule is CCCCC1CCC(C(=O)O)N(C(=O)CCS)C1. The van der Waals surface area contributed by atoms with Crippen LogP contribution >= 0.6 is 12.6 Å². The predicted octanol–water partition coefficient (Wildman–Crippen LogP) is 2.19. The molecule has 2 atom stereocenters. The molecule has 0 saturated carbocycles. The number of carboxylic acids is 1. The van der Waals surface area contributed by atoms with Gasteiger partial charge in [-0.15, -0.1) is 0 Å². The van der Waals surface area contributed by atoms with Crippen LogP contribution in [0.3, 0.4) is 0 Å². The van der Waals surface area contributed by atoms with Crippen LogP contribution in [0.4, 0.5) is 0 Å². The van der Waals surface area contributed by atoms with Gasteiger partial charge in [-0.3, -0.25) is 4.79 Å². The van der Waals surface area contributed by atoms with Crippen LogP contribution in [0.2, 0.25) is 0 Å². The minimum absolute atomic E-state index is 0.0707. The van der Waals surface area contributed by atoms with Crippen molar-refractivity contribution < 1.29 is 14.7 Å². The van der Waals surface area contributed by atoms with E-state index in [1.54, 1.807) is 4.90 Å². The number of carbonyl (C=O) groups is 2. The molecule has 1 aliphatic heterocycles. The van der Waals surface area contributed by atoms with Crippen LogP contribution in [0.15, 0.2) is 0 Å². The number of aliphatic carboxylic acids is 1. The largest absolute Gasteiger partial charge is 0.480 e. The number of hydrogen-bond acceptors (Lipinski definition) is 3. The zero-order valence-electron chi connectivity index (χ0n) is 11.0. The Morgan fingerprint density at radius 3 is 2.67 bits per heavy atom. The molecule has 0 radical (unpaired) electrons. The van der Waals surface area contributed by atoms with Crippen LogP contribution in [0.1, 0.15) is 45.4 Å². The summed E-state index contributed by atoms with van der Waals surface area (Å²) in [7, 11) is 0. The van der Waals surface area contributed by atoms with Gasteiger partial charge in [-0.25, -0.2) is 4.79 Å². The smallest absolute Gasteiger partial charge is 0.326 e. The molecule has 1 N–H and O–H groups in total. The van der Waals surface area contributed by atoms with Crippen molar-refractivity contribution in [2.75, 3.05) is 12.3 Å². The standard InChI is InChI=1S/C13H23NO3S/c1-2-3-4-10-5-6-11(13(16)17)14(9-10)12(15)7-8-18/h10-11,18H,2-9H2,1H3,(H,16,17). The van der Waals surface area contributed by atoms with Gasteiger partial charge in [-0.2, -0.15) is 12.6 Å². The summed E-state index contributed by atoms with van der Waals surface area (Å²) in [5, 5.41) is 9.18. The zero-order chi connectivity index (χ0) is 13.5. The van der Waals surface area contributed by atoms with Gasteiger partial charge < -0.3 is 10.0 Å². The molecule has 0 bridgehead atoms. The van der Waals surface area contributed by atoms with E-state index in [-0.39, 0.29) is 5.91 Å². The van der Waals surface area contributed by atoms with Gasteiger partial charge in [0.05, 0.1) is 0 Å². The molecular weight excluding hydrogens is 250 g/mol. The average molecular weight is 273 g/mol. The van der Waals surface area contributed by atoms with E-state index in [1.165, 1.54) is 0 Å². The molecule has 0 aromatic rings. The van der Waals surface area contributed by atoms with Crippen molar-refractivity contribution in [3.8, 4) is 0 Å². The second-order valence-corrected chi connectivity index (χ2v) is 5.41. The number of piperidine rings is 1. The Kier molecular flexibility index (Phi) is 6.54. The van der Waals surface area contributed by atoms with E-state index < -0.39 is 12.0 Å². The van der Waals surface area contributed by atoms with Crippen molar-refractivity contribution in [3.05, 3.63) is 0 Å². The first-order chi connectivity index (χ1) is 8.60. The van der Waals surface area contributed by atoms with Gasteiger partial charge in [0, 0.05) is 13.0 Å². The van der Waals surface area contributed by atoms with E-state index in [2.05, 4.69) is 19.6 Å². The molecule has 0 aromatic carbocycles. The summed E-state index contributed by atoms with van der Waals surface area (Å²) in [6.45, 7) is 2.75. The predicted molar refractivity (Wildman–Crippen MR) is 73.9 cm³/mol. The molecule has 18 heavy (non-hydrogen) atoms. The molecule has 104 valence electrons. The van der Waals surface area contributed by atoms with Crippen molar-refractivity contribution >= 4 is 24.5 Å². The Morgan fingerprint density at radius 1 is 1.39 bits per heavy atom. The Hall–Kier alpha value is -0.710. The molecule has 1 heterocycles. The van der Waals surface area contributed by atoms with Gasteiger partial charge in [-0.05, 0) is 30.9 Å². The summed E-state index contributed by atoms with van der Waals surface area (Å²) in [6, 6.07) is -0.629. The lowest BCUT2D eigenvalue weighted by Gasteiger charge is -2.37. The lowest BCUT2D eigenvalue weighted by atomic mass is 9.88. The van der Waals surface area contributed by atoms with Crippen molar-refractivity contribution in [2.45, 2.75) is 51.5 Å². The molecule has 2 unspecified atom stereocenters. The van der Waals surface area contributed by atoms with E-state index in [9.17, 15) is 14.7 Å². The Morgan fingerprint density at radius 2 is 2.11 bits per heavy atom. The van der Waals surface area contributed by atoms with Crippen LogP contribution in [0, 0.1) is 5.92 Å². The summed E-state index contributed by atoms with van der Waals surface area (Å²) in [5.41, 5.74) is 0. The monoisotopic (exact) mass is 273 g/mol. The Balaban J connectivity index is 2.64. The van der Waals surface area contributed by atoms with E-state index in [0.29, 0.717) is 31.1 Å². The second-order valence-electron chi connectivity index (χ2n) is 4.96. The fourth-order valence-electron chi connectivity index (χ4n) is 2.55. The maximum Gasteiger partial charge on any atom is 0.326 e.